The summed E-state index contributed by atoms with van der Waals surface area (Å²) < 4.78 is 0. The zero-order valence-electron chi connectivity index (χ0n) is 9.70. The Balaban J connectivity index is 0.000000204. The van der Waals surface area contributed by atoms with Gasteiger partial charge in [-0.1, -0.05) is 18.2 Å². The summed E-state index contributed by atoms with van der Waals surface area (Å²) in [5, 5.41) is 30.0. The smallest absolute Gasteiger partial charge is 0.358 e. The molecule has 11 heteroatoms. The number of H-pyrrole nitrogens is 1. The number of hydrogen-bond donors (Lipinski definition) is 1. The maximum atomic E-state index is 10.0. The van der Waals surface area contributed by atoms with Gasteiger partial charge in [0.05, 0.1) is 4.92 Å². The Labute approximate surface area is 110 Å². The van der Waals surface area contributed by atoms with Crippen molar-refractivity contribution in [3.63, 3.8) is 0 Å². The van der Waals surface area contributed by atoms with Crippen molar-refractivity contribution >= 4 is 17.3 Å². The second-order valence-corrected chi connectivity index (χ2v) is 3.18. The largest absolute Gasteiger partial charge is 0.462 e. The van der Waals surface area contributed by atoms with Gasteiger partial charge in [-0.25, -0.2) is 0 Å². The first kappa shape index (κ1) is 14.7. The molecule has 0 fully saturated rings. The van der Waals surface area contributed by atoms with Crippen LogP contribution in [0.25, 0.3) is 0 Å². The molecule has 0 spiro atoms. The van der Waals surface area contributed by atoms with Gasteiger partial charge in [-0.15, -0.1) is 0 Å². The summed E-state index contributed by atoms with van der Waals surface area (Å²) in [6, 6.07) is 7.93. The molecule has 1 N–H and O–H groups in total. The molecule has 1 heterocycles. The molecule has 11 nitrogen and oxygen atoms in total. The van der Waals surface area contributed by atoms with E-state index in [9.17, 15) is 30.3 Å². The van der Waals surface area contributed by atoms with Crippen molar-refractivity contribution in [3.8, 4) is 0 Å². The van der Waals surface area contributed by atoms with Crippen LogP contribution in [0.15, 0.2) is 36.7 Å². The third kappa shape index (κ3) is 3.83. The summed E-state index contributed by atoms with van der Waals surface area (Å²) in [5.74, 6) is -1.47. The van der Waals surface area contributed by atoms with Crippen LogP contribution in [-0.4, -0.2) is 24.7 Å². The highest BCUT2D eigenvalue weighted by Crippen LogP contribution is 2.19. The van der Waals surface area contributed by atoms with Crippen LogP contribution in [0.5, 0.6) is 0 Å². The molecule has 104 valence electrons. The summed E-state index contributed by atoms with van der Waals surface area (Å²) in [6.07, 6.45) is 0.899. The van der Waals surface area contributed by atoms with Crippen LogP contribution < -0.4 is 0 Å². The monoisotopic (exact) mass is 281 g/mol. The molecule has 0 saturated heterocycles. The molecule has 20 heavy (non-hydrogen) atoms. The van der Waals surface area contributed by atoms with E-state index in [0.717, 1.165) is 6.33 Å². The molecule has 0 saturated carbocycles. The van der Waals surface area contributed by atoms with E-state index in [-0.39, 0.29) is 5.69 Å². The van der Waals surface area contributed by atoms with Crippen molar-refractivity contribution in [3.05, 3.63) is 67.0 Å². The van der Waals surface area contributed by atoms with Gasteiger partial charge in [0, 0.05) is 17.1 Å². The topological polar surface area (TPSA) is 158 Å². The number of nitrogens with one attached hydrogen (secondary N) is 1. The van der Waals surface area contributed by atoms with E-state index in [2.05, 4.69) is 4.98 Å². The number of benzene rings is 1. The minimum atomic E-state index is -0.922. The number of non-ortho nitro benzene ring substituents is 1. The third-order valence-electron chi connectivity index (χ3n) is 1.92. The number of aromatic amines is 1. The average molecular weight is 281 g/mol. The Morgan fingerprint density at radius 2 is 1.50 bits per heavy atom. The van der Waals surface area contributed by atoms with Gasteiger partial charge in [0.2, 0.25) is 0 Å². The summed E-state index contributed by atoms with van der Waals surface area (Å²) >= 11 is 0. The van der Waals surface area contributed by atoms with Gasteiger partial charge in [-0.2, -0.15) is 4.98 Å². The van der Waals surface area contributed by atoms with Gasteiger partial charge in [0.15, 0.2) is 0 Å². The lowest BCUT2D eigenvalue weighted by atomic mass is 10.3. The van der Waals surface area contributed by atoms with E-state index in [1.54, 1.807) is 18.2 Å². The molecular formula is C9H7N5O6. The average Bonchev–Trinajstić information content (AvgIpc) is 2.90. The van der Waals surface area contributed by atoms with Crippen LogP contribution in [0, 0.1) is 30.3 Å². The van der Waals surface area contributed by atoms with Crippen molar-refractivity contribution in [1.82, 2.24) is 9.97 Å². The van der Waals surface area contributed by atoms with Crippen LogP contribution in [0.3, 0.4) is 0 Å². The molecule has 0 unspecified atom stereocenters. The molecule has 1 aromatic carbocycles. The maximum Gasteiger partial charge on any atom is 0.462 e. The van der Waals surface area contributed by atoms with Gasteiger partial charge in [0.1, 0.15) is 0 Å². The molecule has 2 aromatic rings. The molecule has 0 amide bonds. The Kier molecular flexibility index (Phi) is 4.80. The quantitative estimate of drug-likeness (QED) is 0.663. The fourth-order valence-electron chi connectivity index (χ4n) is 1.10. The Morgan fingerprint density at radius 1 is 0.900 bits per heavy atom. The van der Waals surface area contributed by atoms with Gasteiger partial charge in [-0.3, -0.25) is 10.1 Å². The molecule has 0 aliphatic rings. The minimum Gasteiger partial charge on any atom is -0.358 e. The normalized spacial score (nSPS) is 9.20. The van der Waals surface area contributed by atoms with E-state index >= 15 is 0 Å². The molecule has 0 bridgehead atoms. The van der Waals surface area contributed by atoms with Crippen LogP contribution in [-0.2, 0) is 0 Å². The van der Waals surface area contributed by atoms with Crippen LogP contribution in [0.1, 0.15) is 0 Å². The molecular weight excluding hydrogens is 274 g/mol. The van der Waals surface area contributed by atoms with Crippen LogP contribution in [0.2, 0.25) is 0 Å². The summed E-state index contributed by atoms with van der Waals surface area (Å²) in [5.41, 5.74) is 0.137. The fourth-order valence-corrected chi connectivity index (χ4v) is 1.10. The van der Waals surface area contributed by atoms with Crippen molar-refractivity contribution < 1.29 is 14.8 Å². The van der Waals surface area contributed by atoms with Crippen molar-refractivity contribution in [2.45, 2.75) is 0 Å². The number of aromatic nitrogens is 2. The van der Waals surface area contributed by atoms with Crippen molar-refractivity contribution in [2.75, 3.05) is 0 Å². The van der Waals surface area contributed by atoms with E-state index in [1.807, 2.05) is 4.98 Å². The van der Waals surface area contributed by atoms with Gasteiger partial charge >= 0.3 is 11.6 Å². The number of imidazole rings is 1. The highest BCUT2D eigenvalue weighted by atomic mass is 16.6. The van der Waals surface area contributed by atoms with Gasteiger partial charge in [0.25, 0.3) is 12.0 Å². The first-order chi connectivity index (χ1) is 9.43. The van der Waals surface area contributed by atoms with Crippen LogP contribution >= 0.6 is 0 Å². The van der Waals surface area contributed by atoms with E-state index in [4.69, 9.17) is 0 Å². The zero-order valence-corrected chi connectivity index (χ0v) is 9.70. The predicted octanol–water partition coefficient (Wildman–Crippen LogP) is 1.82. The van der Waals surface area contributed by atoms with E-state index in [0.29, 0.717) is 0 Å². The number of para-hydroxylation sites is 1. The lowest BCUT2D eigenvalue weighted by Crippen LogP contribution is -1.94. The van der Waals surface area contributed by atoms with Gasteiger partial charge in [-0.05, 0) is 9.85 Å². The van der Waals surface area contributed by atoms with Crippen molar-refractivity contribution in [2.24, 2.45) is 0 Å². The summed E-state index contributed by atoms with van der Waals surface area (Å²) in [7, 11) is 0. The number of rotatable bonds is 3. The number of nitrogens with zero attached hydrogens (tertiary/aromatic N) is 4. The molecule has 1 aromatic heterocycles. The lowest BCUT2D eigenvalue weighted by Gasteiger charge is -1.88. The first-order valence-corrected chi connectivity index (χ1v) is 4.95. The van der Waals surface area contributed by atoms with E-state index in [1.165, 1.54) is 12.1 Å². The molecule has 0 aliphatic heterocycles. The standard InChI is InChI=1S/C6H5NO2.C3H2N4O4/c8-7(9)6-4-2-1-3-5-6;8-6(9)2-3(7(10)11)5-1-4-2/h1-5H;1H,(H,4,5). The predicted molar refractivity (Wildman–Crippen MR) is 65.0 cm³/mol. The second kappa shape index (κ2) is 6.53. The molecule has 0 radical (unpaired) electrons. The summed E-state index contributed by atoms with van der Waals surface area (Å²) in [4.78, 5) is 33.0. The van der Waals surface area contributed by atoms with Crippen LogP contribution in [0.4, 0.5) is 17.3 Å². The van der Waals surface area contributed by atoms with Crippen molar-refractivity contribution in [1.29, 1.82) is 0 Å². The molecule has 0 aliphatic carbocycles. The third-order valence-corrected chi connectivity index (χ3v) is 1.92. The number of hydrogen-bond acceptors (Lipinski definition) is 7. The van der Waals surface area contributed by atoms with E-state index < -0.39 is 26.4 Å². The Hall–Kier alpha value is -3.37. The Morgan fingerprint density at radius 3 is 1.85 bits per heavy atom. The first-order valence-electron chi connectivity index (χ1n) is 4.95. The lowest BCUT2D eigenvalue weighted by molar-refractivity contribution is -0.427. The zero-order chi connectivity index (χ0) is 15.1. The number of nitro benzene ring substituents is 1. The maximum absolute atomic E-state index is 10.0. The SMILES string of the molecule is O=[N+]([O-])c1ccccc1.O=[N+]([O-])c1nc[nH]c1[N+](=O)[O-]. The Bertz CT molecular complexity index is 596. The number of nitro groups is 3. The second-order valence-electron chi connectivity index (χ2n) is 3.18. The summed E-state index contributed by atoms with van der Waals surface area (Å²) in [6.45, 7) is 0. The highest BCUT2D eigenvalue weighted by molar-refractivity contribution is 5.38. The highest BCUT2D eigenvalue weighted by Gasteiger charge is 2.26. The molecule has 0 atom stereocenters. The fraction of sp³-hybridized carbons (Fsp3) is 0. The molecule has 2 rings (SSSR count). The van der Waals surface area contributed by atoms with Gasteiger partial charge < -0.3 is 20.2 Å². The minimum absolute atomic E-state index is 0.137.